The van der Waals surface area contributed by atoms with Crippen molar-refractivity contribution in [3.05, 3.63) is 77.6 Å². The van der Waals surface area contributed by atoms with Gasteiger partial charge in [0.2, 0.25) is 0 Å². The fourth-order valence-corrected chi connectivity index (χ4v) is 2.69. The molecule has 0 saturated carbocycles. The van der Waals surface area contributed by atoms with Crippen molar-refractivity contribution in [1.82, 2.24) is 15.6 Å². The van der Waals surface area contributed by atoms with E-state index in [2.05, 4.69) is 33.8 Å². The highest BCUT2D eigenvalue weighted by atomic mass is 16.2. The average Bonchev–Trinajstić information content (AvgIpc) is 2.98. The summed E-state index contributed by atoms with van der Waals surface area (Å²) in [5.74, 6) is 0. The molecule has 0 aliphatic carbocycles. The highest BCUT2D eigenvalue weighted by molar-refractivity contribution is 5.83. The number of rotatable bonds is 5. The van der Waals surface area contributed by atoms with Crippen molar-refractivity contribution in [2.75, 3.05) is 6.54 Å². The van der Waals surface area contributed by atoms with Crippen molar-refractivity contribution < 1.29 is 4.79 Å². The number of carbonyl (C=O) groups is 1. The molecule has 1 aromatic heterocycles. The van der Waals surface area contributed by atoms with Gasteiger partial charge in [0.15, 0.2) is 0 Å². The van der Waals surface area contributed by atoms with E-state index in [9.17, 15) is 4.79 Å². The molecule has 122 valence electrons. The molecule has 3 N–H and O–H groups in total. The Hall–Kier alpha value is -3.01. The maximum atomic E-state index is 11.8. The summed E-state index contributed by atoms with van der Waals surface area (Å²) in [6.07, 6.45) is 6.34. The highest BCUT2D eigenvalue weighted by Gasteiger charge is 2.03. The van der Waals surface area contributed by atoms with Crippen LogP contribution in [0.3, 0.4) is 0 Å². The van der Waals surface area contributed by atoms with E-state index in [1.165, 1.54) is 16.5 Å². The highest BCUT2D eigenvalue weighted by Crippen LogP contribution is 2.17. The molecular weight excluding hydrogens is 298 g/mol. The molecule has 0 spiro atoms. The fraction of sp³-hybridized carbons (Fsp3) is 0.150. The summed E-state index contributed by atoms with van der Waals surface area (Å²) in [5.41, 5.74) is 4.59. The lowest BCUT2D eigenvalue weighted by atomic mass is 10.1. The van der Waals surface area contributed by atoms with E-state index in [0.29, 0.717) is 6.54 Å². The number of aryl methyl sites for hydroxylation is 1. The molecule has 24 heavy (non-hydrogen) atoms. The van der Waals surface area contributed by atoms with E-state index in [1.54, 1.807) is 6.20 Å². The zero-order chi connectivity index (χ0) is 16.8. The van der Waals surface area contributed by atoms with Gasteiger partial charge in [-0.2, -0.15) is 0 Å². The van der Waals surface area contributed by atoms with Gasteiger partial charge in [0.1, 0.15) is 0 Å². The van der Waals surface area contributed by atoms with Gasteiger partial charge in [-0.1, -0.05) is 48.0 Å². The van der Waals surface area contributed by atoms with Crippen molar-refractivity contribution >= 4 is 23.0 Å². The summed E-state index contributed by atoms with van der Waals surface area (Å²) < 4.78 is 0. The summed E-state index contributed by atoms with van der Waals surface area (Å²) >= 11 is 0. The van der Waals surface area contributed by atoms with Crippen LogP contribution in [0.4, 0.5) is 4.79 Å². The lowest BCUT2D eigenvalue weighted by Gasteiger charge is -2.04. The van der Waals surface area contributed by atoms with E-state index in [4.69, 9.17) is 0 Å². The van der Waals surface area contributed by atoms with Gasteiger partial charge in [-0.25, -0.2) is 4.79 Å². The van der Waals surface area contributed by atoms with Gasteiger partial charge in [0, 0.05) is 29.8 Å². The average molecular weight is 319 g/mol. The third-order valence-corrected chi connectivity index (χ3v) is 3.89. The van der Waals surface area contributed by atoms with Crippen LogP contribution in [-0.2, 0) is 6.42 Å². The number of nitrogens with one attached hydrogen (secondary N) is 3. The lowest BCUT2D eigenvalue weighted by Crippen LogP contribution is -2.33. The molecule has 2 amide bonds. The Kier molecular flexibility index (Phi) is 4.96. The van der Waals surface area contributed by atoms with Crippen LogP contribution in [0.2, 0.25) is 0 Å². The van der Waals surface area contributed by atoms with E-state index < -0.39 is 0 Å². The van der Waals surface area contributed by atoms with Gasteiger partial charge in [0.25, 0.3) is 0 Å². The third-order valence-electron chi connectivity index (χ3n) is 3.89. The molecule has 0 saturated heterocycles. The van der Waals surface area contributed by atoms with Crippen LogP contribution >= 0.6 is 0 Å². The zero-order valence-corrected chi connectivity index (χ0v) is 13.7. The van der Waals surface area contributed by atoms with Gasteiger partial charge in [-0.05, 0) is 36.6 Å². The summed E-state index contributed by atoms with van der Waals surface area (Å²) in [4.78, 5) is 15.1. The van der Waals surface area contributed by atoms with Crippen molar-refractivity contribution in [1.29, 1.82) is 0 Å². The van der Waals surface area contributed by atoms with Crippen LogP contribution < -0.4 is 10.6 Å². The maximum Gasteiger partial charge on any atom is 0.318 e. The first kappa shape index (κ1) is 15.9. The second-order valence-electron chi connectivity index (χ2n) is 5.76. The third kappa shape index (κ3) is 4.04. The molecule has 1 heterocycles. The van der Waals surface area contributed by atoms with Crippen LogP contribution in [0.1, 0.15) is 16.7 Å². The van der Waals surface area contributed by atoms with Crippen LogP contribution in [0.25, 0.3) is 17.0 Å². The van der Waals surface area contributed by atoms with Gasteiger partial charge in [-0.15, -0.1) is 0 Å². The molecule has 0 fully saturated rings. The molecule has 3 rings (SSSR count). The smallest absolute Gasteiger partial charge is 0.318 e. The van der Waals surface area contributed by atoms with Gasteiger partial charge in [0.05, 0.1) is 0 Å². The van der Waals surface area contributed by atoms with E-state index >= 15 is 0 Å². The number of para-hydroxylation sites is 1. The minimum absolute atomic E-state index is 0.196. The molecule has 0 aliphatic heterocycles. The number of amides is 2. The van der Waals surface area contributed by atoms with E-state index in [-0.39, 0.29) is 6.03 Å². The molecule has 3 aromatic rings. The molecule has 0 atom stereocenters. The second-order valence-corrected chi connectivity index (χ2v) is 5.76. The summed E-state index contributed by atoms with van der Waals surface area (Å²) in [6.45, 7) is 2.63. The van der Waals surface area contributed by atoms with Gasteiger partial charge in [-0.3, -0.25) is 0 Å². The summed E-state index contributed by atoms with van der Waals surface area (Å²) in [5, 5.41) is 6.81. The number of aromatic amines is 1. The molecule has 0 bridgehead atoms. The largest absolute Gasteiger partial charge is 0.361 e. The molecule has 0 aliphatic rings. The zero-order valence-electron chi connectivity index (χ0n) is 13.7. The molecule has 0 unspecified atom stereocenters. The van der Waals surface area contributed by atoms with Crippen LogP contribution in [0, 0.1) is 6.92 Å². The SMILES string of the molecule is Cc1cccc(/C=C/NC(=O)NCCc2c[nH]c3ccccc23)c1. The quantitative estimate of drug-likeness (QED) is 0.654. The maximum absolute atomic E-state index is 11.8. The van der Waals surface area contributed by atoms with Gasteiger partial charge >= 0.3 is 6.03 Å². The Labute approximate surface area is 141 Å². The van der Waals surface area contributed by atoms with Crippen molar-refractivity contribution in [2.45, 2.75) is 13.3 Å². The number of urea groups is 1. The Morgan fingerprint density at radius 2 is 2.04 bits per heavy atom. The van der Waals surface area contributed by atoms with Crippen molar-refractivity contribution in [2.24, 2.45) is 0 Å². The Bertz CT molecular complexity index is 864. The fourth-order valence-electron chi connectivity index (χ4n) is 2.69. The molecule has 2 aromatic carbocycles. The second kappa shape index (κ2) is 7.51. The van der Waals surface area contributed by atoms with Gasteiger partial charge < -0.3 is 15.6 Å². The lowest BCUT2D eigenvalue weighted by molar-refractivity contribution is 0.244. The van der Waals surface area contributed by atoms with Crippen LogP contribution in [-0.4, -0.2) is 17.6 Å². The minimum atomic E-state index is -0.196. The predicted molar refractivity (Wildman–Crippen MR) is 98.8 cm³/mol. The summed E-state index contributed by atoms with van der Waals surface area (Å²) in [6, 6.07) is 16.1. The topological polar surface area (TPSA) is 56.9 Å². The number of hydrogen-bond acceptors (Lipinski definition) is 1. The number of hydrogen-bond donors (Lipinski definition) is 3. The van der Waals surface area contributed by atoms with E-state index in [0.717, 1.165) is 17.5 Å². The summed E-state index contributed by atoms with van der Waals surface area (Å²) in [7, 11) is 0. The Balaban J connectivity index is 1.46. The number of aromatic nitrogens is 1. The van der Waals surface area contributed by atoms with E-state index in [1.807, 2.05) is 49.5 Å². The van der Waals surface area contributed by atoms with Crippen LogP contribution in [0.5, 0.6) is 0 Å². The first-order valence-electron chi connectivity index (χ1n) is 8.05. The molecular formula is C20H21N3O. The molecule has 4 heteroatoms. The first-order chi connectivity index (χ1) is 11.7. The molecule has 4 nitrogen and oxygen atoms in total. The van der Waals surface area contributed by atoms with Crippen molar-refractivity contribution in [3.8, 4) is 0 Å². The monoisotopic (exact) mass is 319 g/mol. The first-order valence-corrected chi connectivity index (χ1v) is 8.05. The van der Waals surface area contributed by atoms with Crippen LogP contribution in [0.15, 0.2) is 60.9 Å². The number of benzene rings is 2. The standard InChI is InChI=1S/C20H21N3O/c1-15-5-4-6-16(13-15)9-11-21-20(24)22-12-10-17-14-23-19-8-3-2-7-18(17)19/h2-9,11,13-14,23H,10,12H2,1H3,(H2,21,22,24)/b11-9+. The molecule has 0 radical (unpaired) electrons. The number of carbonyl (C=O) groups excluding carboxylic acids is 1. The minimum Gasteiger partial charge on any atom is -0.361 e. The van der Waals surface area contributed by atoms with Crippen molar-refractivity contribution in [3.63, 3.8) is 0 Å². The predicted octanol–water partition coefficient (Wildman–Crippen LogP) is 3.99. The Morgan fingerprint density at radius 3 is 2.92 bits per heavy atom. The Morgan fingerprint density at radius 1 is 1.17 bits per heavy atom. The normalized spacial score (nSPS) is 11.0. The number of H-pyrrole nitrogens is 1. The number of fused-ring (bicyclic) bond motifs is 1.